The van der Waals surface area contributed by atoms with Crippen molar-refractivity contribution in [2.24, 2.45) is 0 Å². The lowest BCUT2D eigenvalue weighted by Crippen LogP contribution is -2.14. The number of carbonyl (C=O) groups is 1. The molecule has 0 spiro atoms. The molecule has 1 N–H and O–H groups in total. The molecule has 88 valence electrons. The monoisotopic (exact) mass is 248 g/mol. The number of carboxylic acid groups (broad SMARTS) is 1. The van der Waals surface area contributed by atoms with Gasteiger partial charge < -0.3 is 9.84 Å². The summed E-state index contributed by atoms with van der Waals surface area (Å²) in [5.74, 6) is -0.975. The van der Waals surface area contributed by atoms with Crippen LogP contribution in [0.3, 0.4) is 0 Å². The van der Waals surface area contributed by atoms with E-state index in [0.29, 0.717) is 5.56 Å². The maximum Gasteiger partial charge on any atom is 0.337 e. The van der Waals surface area contributed by atoms with E-state index < -0.39 is 12.1 Å². The van der Waals surface area contributed by atoms with Crippen LogP contribution in [0.4, 0.5) is 0 Å². The van der Waals surface area contributed by atoms with Gasteiger partial charge in [-0.3, -0.25) is 0 Å². The third-order valence-corrected chi connectivity index (χ3v) is 3.39. The number of carboxylic acids is 1. The molecular formula is C13H12O3S. The number of ether oxygens (including phenoxy) is 1. The Morgan fingerprint density at radius 3 is 2.65 bits per heavy atom. The number of aliphatic carboxylic acids is 1. The number of hydrogen-bond acceptors (Lipinski definition) is 3. The molecule has 2 rings (SSSR count). The summed E-state index contributed by atoms with van der Waals surface area (Å²) in [5.41, 5.74) is 1.60. The molecule has 2 aromatic rings. The molecule has 0 aliphatic heterocycles. The molecule has 0 fully saturated rings. The summed E-state index contributed by atoms with van der Waals surface area (Å²) >= 11 is 1.58. The summed E-state index contributed by atoms with van der Waals surface area (Å²) in [4.78, 5) is 12.2. The molecule has 3 nitrogen and oxygen atoms in total. The van der Waals surface area contributed by atoms with Crippen LogP contribution in [0, 0.1) is 0 Å². The molecule has 4 heteroatoms. The van der Waals surface area contributed by atoms with Crippen LogP contribution in [0.25, 0.3) is 10.4 Å². The Morgan fingerprint density at radius 1 is 1.29 bits per heavy atom. The lowest BCUT2D eigenvalue weighted by atomic mass is 10.0. The van der Waals surface area contributed by atoms with Gasteiger partial charge in [-0.1, -0.05) is 30.3 Å². The molecule has 1 aromatic carbocycles. The van der Waals surface area contributed by atoms with Crippen LogP contribution >= 0.6 is 11.3 Å². The zero-order chi connectivity index (χ0) is 12.3. The summed E-state index contributed by atoms with van der Waals surface area (Å²) in [6.07, 6.45) is -0.923. The minimum absolute atomic E-state index is 0.685. The lowest BCUT2D eigenvalue weighted by Gasteiger charge is -2.14. The zero-order valence-electron chi connectivity index (χ0n) is 9.29. The predicted octanol–water partition coefficient (Wildman–Crippen LogP) is 3.19. The van der Waals surface area contributed by atoms with Crippen LogP contribution in [0.2, 0.25) is 0 Å². The number of benzene rings is 1. The van der Waals surface area contributed by atoms with Crippen molar-refractivity contribution < 1.29 is 14.6 Å². The highest BCUT2D eigenvalue weighted by atomic mass is 32.1. The molecule has 1 atom stereocenters. The van der Waals surface area contributed by atoms with Gasteiger partial charge in [0.1, 0.15) is 0 Å². The first kappa shape index (κ1) is 11.8. The van der Waals surface area contributed by atoms with E-state index in [-0.39, 0.29) is 0 Å². The molecule has 0 radical (unpaired) electrons. The van der Waals surface area contributed by atoms with Crippen LogP contribution in [0.5, 0.6) is 0 Å². The third-order valence-electron chi connectivity index (χ3n) is 2.49. The summed E-state index contributed by atoms with van der Waals surface area (Å²) in [7, 11) is 1.41. The highest BCUT2D eigenvalue weighted by Crippen LogP contribution is 2.32. The fourth-order valence-electron chi connectivity index (χ4n) is 1.74. The zero-order valence-corrected chi connectivity index (χ0v) is 10.1. The summed E-state index contributed by atoms with van der Waals surface area (Å²) in [6, 6.07) is 11.3. The van der Waals surface area contributed by atoms with Crippen LogP contribution in [-0.4, -0.2) is 18.2 Å². The Bertz CT molecular complexity index is 505. The molecule has 17 heavy (non-hydrogen) atoms. The molecule has 1 heterocycles. The minimum atomic E-state index is -0.975. The van der Waals surface area contributed by atoms with Crippen LogP contribution < -0.4 is 0 Å². The highest BCUT2D eigenvalue weighted by molar-refractivity contribution is 7.13. The van der Waals surface area contributed by atoms with E-state index in [9.17, 15) is 4.79 Å². The summed E-state index contributed by atoms with van der Waals surface area (Å²) in [5, 5.41) is 11.1. The highest BCUT2D eigenvalue weighted by Gasteiger charge is 2.22. The Kier molecular flexibility index (Phi) is 3.56. The van der Waals surface area contributed by atoms with Gasteiger partial charge in [-0.2, -0.15) is 0 Å². The van der Waals surface area contributed by atoms with Crippen molar-refractivity contribution in [2.75, 3.05) is 7.11 Å². The molecule has 1 aromatic heterocycles. The fraction of sp³-hybridized carbons (Fsp3) is 0.154. The molecule has 0 saturated heterocycles. The quantitative estimate of drug-likeness (QED) is 0.903. The molecule has 0 amide bonds. The van der Waals surface area contributed by atoms with Crippen LogP contribution in [0.1, 0.15) is 11.7 Å². The van der Waals surface area contributed by atoms with E-state index in [1.807, 2.05) is 35.7 Å². The largest absolute Gasteiger partial charge is 0.479 e. The smallest absolute Gasteiger partial charge is 0.337 e. The molecule has 1 unspecified atom stereocenters. The van der Waals surface area contributed by atoms with Gasteiger partial charge >= 0.3 is 5.97 Å². The van der Waals surface area contributed by atoms with Crippen molar-refractivity contribution in [1.29, 1.82) is 0 Å². The van der Waals surface area contributed by atoms with Crippen molar-refractivity contribution in [3.8, 4) is 10.4 Å². The topological polar surface area (TPSA) is 46.5 Å². The van der Waals surface area contributed by atoms with Gasteiger partial charge in [-0.05, 0) is 17.0 Å². The van der Waals surface area contributed by atoms with E-state index in [4.69, 9.17) is 9.84 Å². The maximum absolute atomic E-state index is 11.1. The fourth-order valence-corrected chi connectivity index (χ4v) is 2.52. The van der Waals surface area contributed by atoms with Crippen molar-refractivity contribution in [3.05, 3.63) is 47.3 Å². The molecule has 0 saturated carbocycles. The van der Waals surface area contributed by atoms with E-state index in [2.05, 4.69) is 0 Å². The number of methoxy groups -OCH3 is 1. The second-order valence-corrected chi connectivity index (χ2v) is 4.47. The lowest BCUT2D eigenvalue weighted by molar-refractivity contribution is -0.148. The van der Waals surface area contributed by atoms with Crippen LogP contribution in [-0.2, 0) is 9.53 Å². The van der Waals surface area contributed by atoms with Gasteiger partial charge in [0, 0.05) is 17.6 Å². The number of hydrogen-bond donors (Lipinski definition) is 1. The Labute approximate surface area is 103 Å². The van der Waals surface area contributed by atoms with E-state index in [1.165, 1.54) is 7.11 Å². The average Bonchev–Trinajstić information content (AvgIpc) is 2.83. The number of thiophene rings is 1. The molecule has 0 aliphatic carbocycles. The van der Waals surface area contributed by atoms with Gasteiger partial charge in [0.25, 0.3) is 0 Å². The van der Waals surface area contributed by atoms with Gasteiger partial charge in [-0.25, -0.2) is 4.79 Å². The van der Waals surface area contributed by atoms with Crippen molar-refractivity contribution in [1.82, 2.24) is 0 Å². The van der Waals surface area contributed by atoms with Crippen LogP contribution in [0.15, 0.2) is 41.8 Å². The Hall–Kier alpha value is -1.65. The molecule has 0 aliphatic rings. The predicted molar refractivity (Wildman–Crippen MR) is 67.1 cm³/mol. The SMILES string of the molecule is COC(C(=O)O)c1ccccc1-c1cccs1. The van der Waals surface area contributed by atoms with E-state index >= 15 is 0 Å². The number of rotatable bonds is 4. The average molecular weight is 248 g/mol. The first-order chi connectivity index (χ1) is 8.24. The minimum Gasteiger partial charge on any atom is -0.479 e. The normalized spacial score (nSPS) is 12.3. The third kappa shape index (κ3) is 2.38. The first-order valence-corrected chi connectivity index (χ1v) is 6.00. The van der Waals surface area contributed by atoms with Gasteiger partial charge in [-0.15, -0.1) is 11.3 Å². The summed E-state index contributed by atoms with van der Waals surface area (Å²) < 4.78 is 5.04. The van der Waals surface area contributed by atoms with Gasteiger partial charge in [0.15, 0.2) is 6.10 Å². The van der Waals surface area contributed by atoms with Gasteiger partial charge in [0.05, 0.1) is 0 Å². The first-order valence-electron chi connectivity index (χ1n) is 5.12. The second kappa shape index (κ2) is 5.12. The standard InChI is InChI=1S/C13H12O3S/c1-16-12(13(14)15)10-6-3-2-5-9(10)11-7-4-8-17-11/h2-8,12H,1H3,(H,14,15). The molecular weight excluding hydrogens is 236 g/mol. The Morgan fingerprint density at radius 2 is 2.06 bits per heavy atom. The van der Waals surface area contributed by atoms with E-state index in [1.54, 1.807) is 17.4 Å². The molecule has 0 bridgehead atoms. The van der Waals surface area contributed by atoms with E-state index in [0.717, 1.165) is 10.4 Å². The van der Waals surface area contributed by atoms with Gasteiger partial charge in [0.2, 0.25) is 0 Å². The van der Waals surface area contributed by atoms with Crippen molar-refractivity contribution in [2.45, 2.75) is 6.10 Å². The Balaban J connectivity index is 2.51. The maximum atomic E-state index is 11.1. The second-order valence-electron chi connectivity index (χ2n) is 3.52. The summed E-state index contributed by atoms with van der Waals surface area (Å²) in [6.45, 7) is 0. The van der Waals surface area contributed by atoms with Crippen molar-refractivity contribution in [3.63, 3.8) is 0 Å². The van der Waals surface area contributed by atoms with Crippen molar-refractivity contribution >= 4 is 17.3 Å².